The molecule has 0 N–H and O–H groups in total. The first kappa shape index (κ1) is 11.5. The molecule has 0 aliphatic heterocycles. The standard InChI is InChI=1S/C5H8O2.O.Zn/c1-4(6)3-5(2)7;;/h3H2,1-2H3;;. The molecule has 0 heterocycles. The van der Waals surface area contributed by atoms with E-state index in [0.717, 1.165) is 0 Å². The van der Waals surface area contributed by atoms with Crippen molar-refractivity contribution in [1.29, 1.82) is 0 Å². The molecule has 0 spiro atoms. The van der Waals surface area contributed by atoms with Crippen LogP contribution in [0.5, 0.6) is 0 Å². The monoisotopic (exact) mass is 180 g/mol. The van der Waals surface area contributed by atoms with Crippen LogP contribution in [0.4, 0.5) is 0 Å². The number of Topliss-reactive ketones (excluding diaryl/α,β-unsaturated/α-hetero) is 2. The van der Waals surface area contributed by atoms with Gasteiger partial charge in [-0.05, 0) is 13.8 Å². The predicted octanol–water partition coefficient (Wildman–Crippen LogP) is 0.433. The summed E-state index contributed by atoms with van der Waals surface area (Å²) < 4.78 is 8.38. The predicted molar refractivity (Wildman–Crippen MR) is 26.7 cm³/mol. The maximum absolute atomic E-state index is 10.0. The van der Waals surface area contributed by atoms with Crippen molar-refractivity contribution in [2.75, 3.05) is 0 Å². The number of rotatable bonds is 2. The average molecular weight is 182 g/mol. The molecule has 0 radical (unpaired) electrons. The Hall–Kier alpha value is -0.237. The molecule has 9 heavy (non-hydrogen) atoms. The minimum atomic E-state index is -0.0625. The summed E-state index contributed by atoms with van der Waals surface area (Å²) in [5.41, 5.74) is 0. The molecule has 48 valence electrons. The minimum absolute atomic E-state index is 0.0625. The maximum atomic E-state index is 10.0. The molecule has 0 saturated carbocycles. The second-order valence-electron chi connectivity index (χ2n) is 1.58. The van der Waals surface area contributed by atoms with E-state index in [0.29, 0.717) is 0 Å². The molecular formula is C5H8O3Zn. The van der Waals surface area contributed by atoms with Gasteiger partial charge < -0.3 is 0 Å². The Bertz CT molecular complexity index is 98.8. The Morgan fingerprint density at radius 1 is 1.11 bits per heavy atom. The van der Waals surface area contributed by atoms with Crippen molar-refractivity contribution < 1.29 is 31.4 Å². The molecule has 0 aromatic carbocycles. The van der Waals surface area contributed by atoms with Gasteiger partial charge in [-0.2, -0.15) is 0 Å². The fourth-order valence-corrected chi connectivity index (χ4v) is 0.351. The first-order valence-corrected chi connectivity index (χ1v) is 3.62. The van der Waals surface area contributed by atoms with Crippen molar-refractivity contribution in [3.8, 4) is 0 Å². The Labute approximate surface area is 63.8 Å². The number of ketones is 2. The second-order valence-corrected chi connectivity index (χ2v) is 1.58. The van der Waals surface area contributed by atoms with Gasteiger partial charge in [0.1, 0.15) is 11.6 Å². The summed E-state index contributed by atoms with van der Waals surface area (Å²) >= 11 is 0.125. The van der Waals surface area contributed by atoms with E-state index in [-0.39, 0.29) is 36.2 Å². The molecule has 3 nitrogen and oxygen atoms in total. The summed E-state index contributed by atoms with van der Waals surface area (Å²) in [5.74, 6) is -0.125. The molecule has 0 unspecified atom stereocenters. The molecule has 0 rings (SSSR count). The van der Waals surface area contributed by atoms with Gasteiger partial charge in [-0.1, -0.05) is 0 Å². The van der Waals surface area contributed by atoms with Crippen LogP contribution in [-0.2, 0) is 31.4 Å². The van der Waals surface area contributed by atoms with E-state index in [1.807, 2.05) is 0 Å². The third kappa shape index (κ3) is 18.2. The van der Waals surface area contributed by atoms with E-state index in [2.05, 4.69) is 0 Å². The number of carbonyl (C=O) groups excluding carboxylic acids is 2. The first-order valence-electron chi connectivity index (χ1n) is 2.40. The quantitative estimate of drug-likeness (QED) is 0.459. The van der Waals surface area contributed by atoms with Crippen LogP contribution < -0.4 is 0 Å². The summed E-state index contributed by atoms with van der Waals surface area (Å²) in [6, 6.07) is 0. The number of carbonyl (C=O) groups is 2. The molecular weight excluding hydrogens is 173 g/mol. The molecule has 4 heteroatoms. The molecule has 0 aliphatic carbocycles. The Morgan fingerprint density at radius 3 is 1.33 bits per heavy atom. The van der Waals surface area contributed by atoms with Gasteiger partial charge in [0, 0.05) is 0 Å². The van der Waals surface area contributed by atoms with Crippen LogP contribution in [-0.4, -0.2) is 11.6 Å². The van der Waals surface area contributed by atoms with Gasteiger partial charge in [0.05, 0.1) is 6.42 Å². The third-order valence-corrected chi connectivity index (χ3v) is 0.498. The number of hydrogen-bond acceptors (Lipinski definition) is 3. The zero-order valence-corrected chi connectivity index (χ0v) is 8.61. The van der Waals surface area contributed by atoms with Crippen molar-refractivity contribution in [3.63, 3.8) is 0 Å². The van der Waals surface area contributed by atoms with Crippen LogP contribution in [0.3, 0.4) is 0 Å². The molecule has 0 fully saturated rings. The summed E-state index contributed by atoms with van der Waals surface area (Å²) in [6.45, 7) is 2.81. The SMILES string of the molecule is CC(=O)CC(C)=O.[O]=[Zn]. The van der Waals surface area contributed by atoms with Crippen LogP contribution in [0.15, 0.2) is 0 Å². The fourth-order valence-electron chi connectivity index (χ4n) is 0.351. The van der Waals surface area contributed by atoms with Crippen molar-refractivity contribution in [1.82, 2.24) is 0 Å². The van der Waals surface area contributed by atoms with Crippen LogP contribution in [0, 0.1) is 0 Å². The van der Waals surface area contributed by atoms with Crippen LogP contribution in [0.1, 0.15) is 20.3 Å². The Kier molecular flexibility index (Phi) is 9.96. The molecule has 0 atom stereocenters. The van der Waals surface area contributed by atoms with Crippen molar-refractivity contribution in [2.45, 2.75) is 20.3 Å². The second kappa shape index (κ2) is 7.76. The molecule has 0 aliphatic rings. The Morgan fingerprint density at radius 2 is 1.33 bits per heavy atom. The zero-order chi connectivity index (χ0) is 7.86. The van der Waals surface area contributed by atoms with Crippen LogP contribution in [0.25, 0.3) is 0 Å². The Balaban J connectivity index is 0. The van der Waals surface area contributed by atoms with Gasteiger partial charge in [0.25, 0.3) is 0 Å². The van der Waals surface area contributed by atoms with E-state index in [9.17, 15) is 9.59 Å². The average Bonchev–Trinajstić information content (AvgIpc) is 1.68. The van der Waals surface area contributed by atoms with Crippen molar-refractivity contribution in [2.24, 2.45) is 0 Å². The van der Waals surface area contributed by atoms with E-state index in [4.69, 9.17) is 3.57 Å². The van der Waals surface area contributed by atoms with E-state index in [1.54, 1.807) is 0 Å². The van der Waals surface area contributed by atoms with Gasteiger partial charge in [0.2, 0.25) is 0 Å². The topological polar surface area (TPSA) is 51.2 Å². The van der Waals surface area contributed by atoms with Gasteiger partial charge in [-0.15, -0.1) is 0 Å². The van der Waals surface area contributed by atoms with Gasteiger partial charge in [-0.3, -0.25) is 9.59 Å². The third-order valence-electron chi connectivity index (χ3n) is 0.498. The molecule has 0 amide bonds. The molecule has 0 saturated heterocycles. The molecule has 0 aromatic heterocycles. The summed E-state index contributed by atoms with van der Waals surface area (Å²) in [6.07, 6.45) is 0.0833. The molecule has 0 bridgehead atoms. The summed E-state index contributed by atoms with van der Waals surface area (Å²) in [5, 5.41) is 0. The summed E-state index contributed by atoms with van der Waals surface area (Å²) in [4.78, 5) is 20.1. The normalized spacial score (nSPS) is 7.11. The van der Waals surface area contributed by atoms with E-state index >= 15 is 0 Å². The first-order chi connectivity index (χ1) is 4.13. The van der Waals surface area contributed by atoms with Crippen LogP contribution >= 0.6 is 0 Å². The zero-order valence-electron chi connectivity index (χ0n) is 5.64. The van der Waals surface area contributed by atoms with Crippen LogP contribution in [0.2, 0.25) is 0 Å². The molecule has 0 aromatic rings. The summed E-state index contributed by atoms with van der Waals surface area (Å²) in [7, 11) is 0. The van der Waals surface area contributed by atoms with E-state index in [1.165, 1.54) is 13.8 Å². The van der Waals surface area contributed by atoms with Gasteiger partial charge in [0.15, 0.2) is 0 Å². The fraction of sp³-hybridized carbons (Fsp3) is 0.600. The van der Waals surface area contributed by atoms with Gasteiger partial charge >= 0.3 is 21.8 Å². The van der Waals surface area contributed by atoms with Crippen molar-refractivity contribution >= 4 is 11.6 Å². The van der Waals surface area contributed by atoms with Crippen molar-refractivity contribution in [3.05, 3.63) is 0 Å². The van der Waals surface area contributed by atoms with Gasteiger partial charge in [-0.25, -0.2) is 0 Å². The van der Waals surface area contributed by atoms with E-state index < -0.39 is 0 Å². The number of hydrogen-bond donors (Lipinski definition) is 0.